The van der Waals surface area contributed by atoms with Crippen LogP contribution in [-0.2, 0) is 6.18 Å². The van der Waals surface area contributed by atoms with E-state index in [1.54, 1.807) is 0 Å². The molecular weight excluding hydrogens is 576 g/mol. The molecule has 3 heterocycles. The van der Waals surface area contributed by atoms with Crippen LogP contribution in [-0.4, -0.2) is 75.2 Å². The second kappa shape index (κ2) is 11.7. The number of aliphatic hydroxyl groups is 1. The third-order valence-electron chi connectivity index (χ3n) is 6.94. The number of aromatic nitrogens is 2. The standard InChI is InChI=1S/C26H31F6N5O3S/c1-24(2,40)13-34-21(38)22-36-19(23(39)37-9-5-14(27)6-10-37)20(41-22)16-12-33-18(11-17(16)26(30,31)32)35-15-3-7-25(28,29)8-4-15/h11-12,14-15,40H,3-10,13H2,1-2H3,(H,33,35)(H,34,38). The zero-order valence-corrected chi connectivity index (χ0v) is 23.3. The van der Waals surface area contributed by atoms with Gasteiger partial charge >= 0.3 is 6.18 Å². The van der Waals surface area contributed by atoms with Gasteiger partial charge in [0.25, 0.3) is 11.8 Å². The van der Waals surface area contributed by atoms with Gasteiger partial charge in [-0.2, -0.15) is 13.2 Å². The lowest BCUT2D eigenvalue weighted by Crippen LogP contribution is -2.39. The summed E-state index contributed by atoms with van der Waals surface area (Å²) >= 11 is 0.566. The molecule has 3 N–H and O–H groups in total. The fourth-order valence-electron chi connectivity index (χ4n) is 4.66. The summed E-state index contributed by atoms with van der Waals surface area (Å²) in [5.41, 5.74) is -3.32. The molecule has 2 aromatic rings. The predicted octanol–water partition coefficient (Wildman–Crippen LogP) is 5.29. The Balaban J connectivity index is 1.71. The van der Waals surface area contributed by atoms with Crippen molar-refractivity contribution in [2.75, 3.05) is 25.0 Å². The number of nitrogens with zero attached hydrogens (tertiary/aromatic N) is 3. The normalized spacial score (nSPS) is 18.8. The van der Waals surface area contributed by atoms with Crippen LogP contribution in [0.4, 0.5) is 32.2 Å². The maximum absolute atomic E-state index is 14.3. The van der Waals surface area contributed by atoms with E-state index in [4.69, 9.17) is 0 Å². The number of carbonyl (C=O) groups excluding carboxylic acids is 2. The number of alkyl halides is 6. The molecule has 0 radical (unpaired) electrons. The third-order valence-corrected chi connectivity index (χ3v) is 8.03. The van der Waals surface area contributed by atoms with Crippen molar-refractivity contribution in [1.82, 2.24) is 20.2 Å². The number of piperidine rings is 1. The maximum Gasteiger partial charge on any atom is 0.417 e. The number of nitrogens with one attached hydrogen (secondary N) is 2. The van der Waals surface area contributed by atoms with Gasteiger partial charge in [-0.3, -0.25) is 9.59 Å². The number of likely N-dealkylation sites (tertiary alicyclic amines) is 1. The summed E-state index contributed by atoms with van der Waals surface area (Å²) in [6, 6.07) is 0.262. The third kappa shape index (κ3) is 7.87. The number of rotatable bonds is 7. The van der Waals surface area contributed by atoms with Crippen molar-refractivity contribution in [3.63, 3.8) is 0 Å². The molecule has 2 amide bonds. The Labute approximate surface area is 236 Å². The Morgan fingerprint density at radius 2 is 1.78 bits per heavy atom. The van der Waals surface area contributed by atoms with Crippen molar-refractivity contribution in [3.05, 3.63) is 28.5 Å². The SMILES string of the molecule is CC(C)(O)CNC(=O)c1nc(C(=O)N2CCC(F)CC2)c(-c2cnc(NC3CCC(F)(F)CC3)cc2C(F)(F)F)s1. The largest absolute Gasteiger partial charge is 0.417 e. The van der Waals surface area contributed by atoms with Crippen molar-refractivity contribution >= 4 is 29.0 Å². The molecule has 0 spiro atoms. The lowest BCUT2D eigenvalue weighted by Gasteiger charge is -2.29. The van der Waals surface area contributed by atoms with E-state index in [0.717, 1.165) is 12.3 Å². The van der Waals surface area contributed by atoms with Gasteiger partial charge in [0.15, 0.2) is 5.01 Å². The molecule has 1 saturated carbocycles. The van der Waals surface area contributed by atoms with Crippen molar-refractivity contribution in [3.8, 4) is 10.4 Å². The number of thiazole rings is 1. The van der Waals surface area contributed by atoms with E-state index in [9.17, 15) is 41.0 Å². The zero-order chi connectivity index (χ0) is 30.2. The van der Waals surface area contributed by atoms with Gasteiger partial charge in [0.2, 0.25) is 5.92 Å². The number of carbonyl (C=O) groups is 2. The minimum atomic E-state index is -4.91. The van der Waals surface area contributed by atoms with Gasteiger partial charge < -0.3 is 20.6 Å². The van der Waals surface area contributed by atoms with Crippen molar-refractivity contribution in [1.29, 1.82) is 0 Å². The highest BCUT2D eigenvalue weighted by atomic mass is 32.1. The lowest BCUT2D eigenvalue weighted by molar-refractivity contribution is -0.137. The topological polar surface area (TPSA) is 107 Å². The molecule has 1 aliphatic carbocycles. The van der Waals surface area contributed by atoms with E-state index in [-0.39, 0.29) is 73.9 Å². The molecule has 1 saturated heterocycles. The summed E-state index contributed by atoms with van der Waals surface area (Å²) in [4.78, 5) is 35.4. The zero-order valence-electron chi connectivity index (χ0n) is 22.5. The molecule has 15 heteroatoms. The van der Waals surface area contributed by atoms with E-state index in [1.807, 2.05) is 0 Å². The van der Waals surface area contributed by atoms with E-state index < -0.39 is 58.5 Å². The first-order valence-electron chi connectivity index (χ1n) is 13.2. The smallest absolute Gasteiger partial charge is 0.389 e. The van der Waals surface area contributed by atoms with Crippen LogP contribution < -0.4 is 10.6 Å². The van der Waals surface area contributed by atoms with Crippen LogP contribution in [0.1, 0.15) is 78.2 Å². The van der Waals surface area contributed by atoms with Gasteiger partial charge in [0.1, 0.15) is 17.7 Å². The van der Waals surface area contributed by atoms with Crippen LogP contribution in [0.15, 0.2) is 12.3 Å². The summed E-state index contributed by atoms with van der Waals surface area (Å²) in [5, 5.41) is 14.9. The second-order valence-electron chi connectivity index (χ2n) is 11.0. The Kier molecular flexibility index (Phi) is 8.88. The molecule has 2 aliphatic rings. The first-order valence-corrected chi connectivity index (χ1v) is 14.0. The van der Waals surface area contributed by atoms with Gasteiger partial charge in [0.05, 0.1) is 16.0 Å². The Bertz CT molecular complexity index is 1260. The first kappa shape index (κ1) is 31.0. The highest BCUT2D eigenvalue weighted by Crippen LogP contribution is 2.42. The average molecular weight is 608 g/mol. The number of hydrogen-bond donors (Lipinski definition) is 3. The van der Waals surface area contributed by atoms with Crippen LogP contribution in [0.3, 0.4) is 0 Å². The van der Waals surface area contributed by atoms with Gasteiger partial charge in [-0.1, -0.05) is 0 Å². The van der Waals surface area contributed by atoms with E-state index in [1.165, 1.54) is 18.7 Å². The molecule has 1 aliphatic heterocycles. The molecule has 0 atom stereocenters. The molecule has 41 heavy (non-hydrogen) atoms. The Hall–Kier alpha value is -2.94. The monoisotopic (exact) mass is 607 g/mol. The number of hydrogen-bond acceptors (Lipinski definition) is 7. The summed E-state index contributed by atoms with van der Waals surface area (Å²) in [7, 11) is 0. The quantitative estimate of drug-likeness (QED) is 0.370. The average Bonchev–Trinajstić information content (AvgIpc) is 3.33. The van der Waals surface area contributed by atoms with Crippen molar-refractivity contribution in [2.24, 2.45) is 0 Å². The van der Waals surface area contributed by atoms with Gasteiger partial charge in [-0.15, -0.1) is 11.3 Å². The number of halogens is 6. The molecule has 226 valence electrons. The summed E-state index contributed by atoms with van der Waals surface area (Å²) < 4.78 is 83.7. The first-order chi connectivity index (χ1) is 19.0. The summed E-state index contributed by atoms with van der Waals surface area (Å²) in [6.07, 6.45) is -5.63. The number of pyridine rings is 1. The highest BCUT2D eigenvalue weighted by Gasteiger charge is 2.39. The lowest BCUT2D eigenvalue weighted by atomic mass is 9.92. The van der Waals surface area contributed by atoms with Crippen LogP contribution >= 0.6 is 11.3 Å². The Morgan fingerprint density at radius 1 is 1.15 bits per heavy atom. The minimum Gasteiger partial charge on any atom is -0.389 e. The Morgan fingerprint density at radius 3 is 2.37 bits per heavy atom. The van der Waals surface area contributed by atoms with Gasteiger partial charge in [-0.25, -0.2) is 23.1 Å². The molecule has 0 bridgehead atoms. The van der Waals surface area contributed by atoms with E-state index >= 15 is 0 Å². The van der Waals surface area contributed by atoms with Gasteiger partial charge in [0, 0.05) is 50.3 Å². The molecule has 0 aromatic carbocycles. The fourth-order valence-corrected chi connectivity index (χ4v) is 5.66. The second-order valence-corrected chi connectivity index (χ2v) is 12.0. The van der Waals surface area contributed by atoms with Crippen molar-refractivity contribution in [2.45, 2.75) is 82.3 Å². The molecule has 0 unspecified atom stereocenters. The molecule has 8 nitrogen and oxygen atoms in total. The predicted molar refractivity (Wildman–Crippen MR) is 140 cm³/mol. The molecular formula is C26H31F6N5O3S. The van der Waals surface area contributed by atoms with Crippen LogP contribution in [0.2, 0.25) is 0 Å². The van der Waals surface area contributed by atoms with Crippen LogP contribution in [0.25, 0.3) is 10.4 Å². The fraction of sp³-hybridized carbons (Fsp3) is 0.615. The van der Waals surface area contributed by atoms with E-state index in [2.05, 4.69) is 20.6 Å². The molecule has 4 rings (SSSR count). The minimum absolute atomic E-state index is 0.0326. The van der Waals surface area contributed by atoms with Crippen LogP contribution in [0.5, 0.6) is 0 Å². The summed E-state index contributed by atoms with van der Waals surface area (Å²) in [6.45, 7) is 2.77. The highest BCUT2D eigenvalue weighted by molar-refractivity contribution is 7.17. The summed E-state index contributed by atoms with van der Waals surface area (Å²) in [5.74, 6) is -4.52. The molecule has 2 aromatic heterocycles. The number of amides is 2. The van der Waals surface area contributed by atoms with Crippen LogP contribution in [0, 0.1) is 0 Å². The maximum atomic E-state index is 14.3. The van der Waals surface area contributed by atoms with Crippen molar-refractivity contribution < 1.29 is 41.0 Å². The van der Waals surface area contributed by atoms with E-state index in [0.29, 0.717) is 11.3 Å². The number of anilines is 1. The van der Waals surface area contributed by atoms with Gasteiger partial charge in [-0.05, 0) is 45.6 Å². The molecule has 2 fully saturated rings.